The number of nitrogens with two attached hydrogens (primary N) is 1. The first-order valence-corrected chi connectivity index (χ1v) is 7.05. The van der Waals surface area contributed by atoms with E-state index in [1.54, 1.807) is 0 Å². The first-order chi connectivity index (χ1) is 7.66. The van der Waals surface area contributed by atoms with Crippen molar-refractivity contribution in [3.05, 3.63) is 32.7 Å². The van der Waals surface area contributed by atoms with Gasteiger partial charge in [-0.25, -0.2) is 0 Å². The lowest BCUT2D eigenvalue weighted by Crippen LogP contribution is -2.27. The fourth-order valence-corrected chi connectivity index (χ4v) is 3.44. The summed E-state index contributed by atoms with van der Waals surface area (Å²) in [5, 5.41) is 0. The van der Waals surface area contributed by atoms with Crippen molar-refractivity contribution in [3.63, 3.8) is 0 Å². The van der Waals surface area contributed by atoms with E-state index >= 15 is 0 Å². The van der Waals surface area contributed by atoms with Crippen LogP contribution >= 0.6 is 44.3 Å². The van der Waals surface area contributed by atoms with Crippen LogP contribution in [0.1, 0.15) is 24.4 Å². The van der Waals surface area contributed by atoms with Gasteiger partial charge in [-0.2, -0.15) is 0 Å². The van der Waals surface area contributed by atoms with E-state index in [1.807, 2.05) is 6.07 Å². The van der Waals surface area contributed by atoms with Crippen LogP contribution < -0.4 is 5.73 Å². The highest BCUT2D eigenvalue weighted by molar-refractivity contribution is 9.11. The van der Waals surface area contributed by atoms with E-state index in [0.717, 1.165) is 35.0 Å². The summed E-state index contributed by atoms with van der Waals surface area (Å²) >= 11 is 6.99. The monoisotopic (exact) mass is 383 g/mol. The number of rotatable bonds is 2. The lowest BCUT2D eigenvalue weighted by Gasteiger charge is -2.28. The third-order valence-electron chi connectivity index (χ3n) is 3.04. The van der Waals surface area contributed by atoms with Gasteiger partial charge in [-0.15, -0.1) is 12.4 Å². The Bertz CT molecular complexity index is 349. The average Bonchev–Trinajstić information content (AvgIpc) is 2.28. The van der Waals surface area contributed by atoms with E-state index < -0.39 is 0 Å². The van der Waals surface area contributed by atoms with Crippen LogP contribution in [0.2, 0.25) is 0 Å². The molecule has 96 valence electrons. The highest BCUT2D eigenvalue weighted by Gasteiger charge is 2.22. The second-order valence-corrected chi connectivity index (χ2v) is 6.01. The maximum absolute atomic E-state index is 6.31. The van der Waals surface area contributed by atoms with Crippen LogP contribution in [0.25, 0.3) is 0 Å². The molecular weight excluding hydrogens is 369 g/mol. The first-order valence-electron chi connectivity index (χ1n) is 5.46. The quantitative estimate of drug-likeness (QED) is 0.833. The summed E-state index contributed by atoms with van der Waals surface area (Å²) in [7, 11) is 0. The van der Waals surface area contributed by atoms with E-state index in [9.17, 15) is 0 Å². The lowest BCUT2D eigenvalue weighted by molar-refractivity contribution is 0.0583. The molecule has 0 bridgehead atoms. The fourth-order valence-electron chi connectivity index (χ4n) is 2.11. The Kier molecular flexibility index (Phi) is 6.45. The number of hydrogen-bond donors (Lipinski definition) is 1. The second kappa shape index (κ2) is 7.10. The molecule has 1 aromatic carbocycles. The van der Waals surface area contributed by atoms with Crippen molar-refractivity contribution >= 4 is 44.3 Å². The van der Waals surface area contributed by atoms with E-state index in [4.69, 9.17) is 10.5 Å². The van der Waals surface area contributed by atoms with E-state index in [-0.39, 0.29) is 18.4 Å². The minimum Gasteiger partial charge on any atom is -0.381 e. The summed E-state index contributed by atoms with van der Waals surface area (Å²) < 4.78 is 7.50. The first kappa shape index (κ1) is 15.4. The van der Waals surface area contributed by atoms with Crippen molar-refractivity contribution in [1.82, 2.24) is 0 Å². The van der Waals surface area contributed by atoms with Gasteiger partial charge in [-0.3, -0.25) is 0 Å². The average molecular weight is 386 g/mol. The number of hydrogen-bond acceptors (Lipinski definition) is 2. The van der Waals surface area contributed by atoms with Gasteiger partial charge >= 0.3 is 0 Å². The van der Waals surface area contributed by atoms with Gasteiger partial charge in [0.05, 0.1) is 0 Å². The molecule has 2 rings (SSSR count). The molecule has 1 aliphatic heterocycles. The van der Waals surface area contributed by atoms with Gasteiger partial charge in [-0.1, -0.05) is 31.9 Å². The predicted molar refractivity (Wildman–Crippen MR) is 79.6 cm³/mol. The molecule has 0 aliphatic carbocycles. The van der Waals surface area contributed by atoms with Gasteiger partial charge in [0.1, 0.15) is 0 Å². The van der Waals surface area contributed by atoms with Crippen molar-refractivity contribution in [2.24, 2.45) is 11.7 Å². The number of benzene rings is 1. The highest BCUT2D eigenvalue weighted by Crippen LogP contribution is 2.31. The Morgan fingerprint density at radius 2 is 1.65 bits per heavy atom. The molecular formula is C12H16Br2ClNO. The Morgan fingerprint density at radius 1 is 1.12 bits per heavy atom. The Labute approximate surface area is 125 Å². The zero-order valence-corrected chi connectivity index (χ0v) is 13.4. The minimum absolute atomic E-state index is 0. The lowest BCUT2D eigenvalue weighted by atomic mass is 9.88. The van der Waals surface area contributed by atoms with Crippen molar-refractivity contribution < 1.29 is 4.74 Å². The van der Waals surface area contributed by atoms with Crippen molar-refractivity contribution in [3.8, 4) is 0 Å². The van der Waals surface area contributed by atoms with E-state index in [0.29, 0.717) is 5.92 Å². The fraction of sp³-hybridized carbons (Fsp3) is 0.500. The molecule has 0 spiro atoms. The molecule has 1 aromatic rings. The molecule has 2 N–H and O–H groups in total. The van der Waals surface area contributed by atoms with Gasteiger partial charge < -0.3 is 10.5 Å². The minimum atomic E-state index is 0. The largest absolute Gasteiger partial charge is 0.381 e. The molecule has 0 radical (unpaired) electrons. The topological polar surface area (TPSA) is 35.2 Å². The molecule has 0 unspecified atom stereocenters. The van der Waals surface area contributed by atoms with Crippen LogP contribution in [0.4, 0.5) is 0 Å². The predicted octanol–water partition coefficient (Wildman–Crippen LogP) is 4.06. The van der Waals surface area contributed by atoms with Crippen molar-refractivity contribution in [2.75, 3.05) is 13.2 Å². The van der Waals surface area contributed by atoms with Gasteiger partial charge in [0.2, 0.25) is 0 Å². The molecule has 0 aromatic heterocycles. The maximum atomic E-state index is 6.31. The van der Waals surface area contributed by atoms with Crippen LogP contribution in [0.3, 0.4) is 0 Å². The smallest absolute Gasteiger partial charge is 0.0469 e. The maximum Gasteiger partial charge on any atom is 0.0469 e. The molecule has 17 heavy (non-hydrogen) atoms. The van der Waals surface area contributed by atoms with Crippen LogP contribution in [0.15, 0.2) is 27.1 Å². The summed E-state index contributed by atoms with van der Waals surface area (Å²) in [6.45, 7) is 1.68. The van der Waals surface area contributed by atoms with Crippen LogP contribution in [0.5, 0.6) is 0 Å². The van der Waals surface area contributed by atoms with E-state index in [1.165, 1.54) is 5.56 Å². The standard InChI is InChI=1S/C12H15Br2NO.ClH/c13-10-5-9(6-11(14)7-10)12(15)8-1-3-16-4-2-8;/h5-8,12H,1-4,15H2;1H/t12-;/m0./s1. The summed E-state index contributed by atoms with van der Waals surface area (Å²) in [4.78, 5) is 0. The summed E-state index contributed by atoms with van der Waals surface area (Å²) in [6, 6.07) is 6.34. The third-order valence-corrected chi connectivity index (χ3v) is 3.96. The third kappa shape index (κ3) is 4.21. The molecule has 1 fully saturated rings. The SMILES string of the molecule is Cl.N[C@H](c1cc(Br)cc(Br)c1)C1CCOCC1. The molecule has 1 saturated heterocycles. The van der Waals surface area contributed by atoms with Crippen LogP contribution in [-0.4, -0.2) is 13.2 Å². The van der Waals surface area contributed by atoms with E-state index in [2.05, 4.69) is 44.0 Å². The molecule has 0 amide bonds. The summed E-state index contributed by atoms with van der Waals surface area (Å²) in [5.74, 6) is 0.537. The normalized spacial score (nSPS) is 18.5. The summed E-state index contributed by atoms with van der Waals surface area (Å²) in [6.07, 6.45) is 2.12. The molecule has 1 aliphatic rings. The molecule has 5 heteroatoms. The van der Waals surface area contributed by atoms with Crippen LogP contribution in [-0.2, 0) is 4.74 Å². The number of ether oxygens (including phenoxy) is 1. The second-order valence-electron chi connectivity index (χ2n) is 4.18. The van der Waals surface area contributed by atoms with Gasteiger partial charge in [0, 0.05) is 28.2 Å². The van der Waals surface area contributed by atoms with Crippen LogP contribution in [0, 0.1) is 5.92 Å². The van der Waals surface area contributed by atoms with Gasteiger partial charge in [-0.05, 0) is 42.5 Å². The molecule has 0 saturated carbocycles. The Hall–Kier alpha value is 0.390. The van der Waals surface area contributed by atoms with Crippen molar-refractivity contribution in [2.45, 2.75) is 18.9 Å². The Balaban J connectivity index is 0.00000144. The molecule has 2 nitrogen and oxygen atoms in total. The number of halogens is 3. The van der Waals surface area contributed by atoms with Crippen molar-refractivity contribution in [1.29, 1.82) is 0 Å². The Morgan fingerprint density at radius 3 is 2.18 bits per heavy atom. The zero-order chi connectivity index (χ0) is 11.5. The summed E-state index contributed by atoms with van der Waals surface area (Å²) in [5.41, 5.74) is 7.50. The zero-order valence-electron chi connectivity index (χ0n) is 9.36. The van der Waals surface area contributed by atoms with Gasteiger partial charge in [0.15, 0.2) is 0 Å². The molecule has 1 heterocycles. The van der Waals surface area contributed by atoms with Gasteiger partial charge in [0.25, 0.3) is 0 Å². The molecule has 1 atom stereocenters. The highest BCUT2D eigenvalue weighted by atomic mass is 79.9.